The molecule has 0 bridgehead atoms. The molecule has 102 valence electrons. The molecule has 5 heteroatoms. The van der Waals surface area contributed by atoms with Crippen molar-refractivity contribution in [2.45, 2.75) is 51.6 Å². The first kappa shape index (κ1) is 13.2. The van der Waals surface area contributed by atoms with Crippen LogP contribution in [0.2, 0.25) is 0 Å². The quantitative estimate of drug-likeness (QED) is 0.802. The lowest BCUT2D eigenvalue weighted by Gasteiger charge is -2.25. The zero-order chi connectivity index (χ0) is 13.3. The van der Waals surface area contributed by atoms with Crippen molar-refractivity contribution in [3.63, 3.8) is 0 Å². The third-order valence-electron chi connectivity index (χ3n) is 4.09. The molecule has 2 amide bonds. The number of rotatable bonds is 4. The molecular formula is C13H22N2O3. The minimum atomic E-state index is -0.802. The molecule has 1 heterocycles. The highest BCUT2D eigenvalue weighted by atomic mass is 16.4. The van der Waals surface area contributed by atoms with Gasteiger partial charge in [0.1, 0.15) is 0 Å². The average Bonchev–Trinajstić information content (AvgIpc) is 2.98. The Balaban J connectivity index is 1.83. The second-order valence-electron chi connectivity index (χ2n) is 5.70. The lowest BCUT2D eigenvalue weighted by molar-refractivity contribution is -0.142. The summed E-state index contributed by atoms with van der Waals surface area (Å²) in [6.07, 6.45) is 4.15. The molecule has 1 saturated carbocycles. The second kappa shape index (κ2) is 5.16. The summed E-state index contributed by atoms with van der Waals surface area (Å²) in [5, 5.41) is 12.0. The largest absolute Gasteiger partial charge is 0.481 e. The highest BCUT2D eigenvalue weighted by Crippen LogP contribution is 2.33. The molecule has 0 aromatic rings. The number of aliphatic carboxylic acids is 1. The highest BCUT2D eigenvalue weighted by molar-refractivity contribution is 5.78. The summed E-state index contributed by atoms with van der Waals surface area (Å²) >= 11 is 0. The van der Waals surface area contributed by atoms with E-state index in [1.807, 2.05) is 13.8 Å². The summed E-state index contributed by atoms with van der Waals surface area (Å²) in [4.78, 5) is 24.7. The summed E-state index contributed by atoms with van der Waals surface area (Å²) < 4.78 is 0. The summed E-state index contributed by atoms with van der Waals surface area (Å²) in [5.74, 6) is -0.443. The van der Waals surface area contributed by atoms with Crippen molar-refractivity contribution in [2.24, 2.45) is 11.8 Å². The van der Waals surface area contributed by atoms with Crippen LogP contribution in [0.1, 0.15) is 39.5 Å². The van der Waals surface area contributed by atoms with Crippen LogP contribution in [-0.4, -0.2) is 40.6 Å². The Morgan fingerprint density at radius 3 is 2.56 bits per heavy atom. The zero-order valence-electron chi connectivity index (χ0n) is 11.1. The number of hydrogen-bond donors (Lipinski definition) is 2. The highest BCUT2D eigenvalue weighted by Gasteiger charge is 2.38. The van der Waals surface area contributed by atoms with Gasteiger partial charge in [-0.1, -0.05) is 12.8 Å². The van der Waals surface area contributed by atoms with E-state index in [2.05, 4.69) is 5.32 Å². The zero-order valence-corrected chi connectivity index (χ0v) is 11.1. The van der Waals surface area contributed by atoms with E-state index in [1.165, 1.54) is 12.8 Å². The SMILES string of the molecule is CC(CC1CC1)NC(=O)N1CCC(C(=O)O)C1C. The van der Waals surface area contributed by atoms with Crippen LogP contribution in [0.5, 0.6) is 0 Å². The van der Waals surface area contributed by atoms with E-state index in [4.69, 9.17) is 5.11 Å². The van der Waals surface area contributed by atoms with Gasteiger partial charge in [0.2, 0.25) is 0 Å². The molecule has 5 nitrogen and oxygen atoms in total. The van der Waals surface area contributed by atoms with E-state index in [0.29, 0.717) is 13.0 Å². The lowest BCUT2D eigenvalue weighted by atomic mass is 10.0. The molecule has 2 fully saturated rings. The summed E-state index contributed by atoms with van der Waals surface area (Å²) in [6.45, 7) is 4.38. The van der Waals surface area contributed by atoms with Gasteiger partial charge in [0.05, 0.1) is 5.92 Å². The molecule has 1 saturated heterocycles. The third-order valence-corrected chi connectivity index (χ3v) is 4.09. The van der Waals surface area contributed by atoms with E-state index in [0.717, 1.165) is 12.3 Å². The van der Waals surface area contributed by atoms with Crippen LogP contribution in [0, 0.1) is 11.8 Å². The first-order chi connectivity index (χ1) is 8.49. The number of amides is 2. The van der Waals surface area contributed by atoms with E-state index in [-0.39, 0.29) is 18.1 Å². The van der Waals surface area contributed by atoms with Crippen LogP contribution in [0.15, 0.2) is 0 Å². The fourth-order valence-electron chi connectivity index (χ4n) is 2.76. The number of hydrogen-bond acceptors (Lipinski definition) is 2. The molecule has 0 aromatic carbocycles. The topological polar surface area (TPSA) is 69.6 Å². The Kier molecular flexibility index (Phi) is 3.78. The van der Waals surface area contributed by atoms with Crippen LogP contribution in [0.25, 0.3) is 0 Å². The van der Waals surface area contributed by atoms with E-state index in [1.54, 1.807) is 4.90 Å². The molecule has 3 atom stereocenters. The Morgan fingerprint density at radius 2 is 2.06 bits per heavy atom. The molecule has 0 aromatic heterocycles. The van der Waals surface area contributed by atoms with Crippen molar-refractivity contribution in [1.29, 1.82) is 0 Å². The summed E-state index contributed by atoms with van der Waals surface area (Å²) in [5.41, 5.74) is 0. The standard InChI is InChI=1S/C13H22N2O3/c1-8(7-10-3-4-10)14-13(18)15-6-5-11(9(15)2)12(16)17/h8-11H,3-7H2,1-2H3,(H,14,18)(H,16,17). The number of urea groups is 1. The summed E-state index contributed by atoms with van der Waals surface area (Å²) in [7, 11) is 0. The van der Waals surface area contributed by atoms with Crippen molar-refractivity contribution in [2.75, 3.05) is 6.54 Å². The normalized spacial score (nSPS) is 29.1. The van der Waals surface area contributed by atoms with Crippen molar-refractivity contribution in [3.8, 4) is 0 Å². The number of likely N-dealkylation sites (tertiary alicyclic amines) is 1. The van der Waals surface area contributed by atoms with Crippen LogP contribution in [-0.2, 0) is 4.79 Å². The number of carbonyl (C=O) groups is 2. The number of carboxylic acids is 1. The minimum Gasteiger partial charge on any atom is -0.481 e. The molecule has 1 aliphatic carbocycles. The average molecular weight is 254 g/mol. The van der Waals surface area contributed by atoms with Gasteiger partial charge in [-0.15, -0.1) is 0 Å². The predicted octanol–water partition coefficient (Wildman–Crippen LogP) is 1.68. The van der Waals surface area contributed by atoms with Crippen LogP contribution >= 0.6 is 0 Å². The van der Waals surface area contributed by atoms with E-state index < -0.39 is 11.9 Å². The van der Waals surface area contributed by atoms with Gasteiger partial charge in [-0.05, 0) is 32.6 Å². The Labute approximate surface area is 108 Å². The van der Waals surface area contributed by atoms with Crippen LogP contribution < -0.4 is 5.32 Å². The fourth-order valence-corrected chi connectivity index (χ4v) is 2.76. The van der Waals surface area contributed by atoms with Gasteiger partial charge in [-0.25, -0.2) is 4.79 Å². The van der Waals surface area contributed by atoms with Gasteiger partial charge in [-0.3, -0.25) is 4.79 Å². The van der Waals surface area contributed by atoms with Gasteiger partial charge < -0.3 is 15.3 Å². The first-order valence-electron chi connectivity index (χ1n) is 6.79. The van der Waals surface area contributed by atoms with Crippen molar-refractivity contribution in [1.82, 2.24) is 10.2 Å². The Hall–Kier alpha value is -1.26. The van der Waals surface area contributed by atoms with Gasteiger partial charge in [0.15, 0.2) is 0 Å². The van der Waals surface area contributed by atoms with E-state index in [9.17, 15) is 9.59 Å². The van der Waals surface area contributed by atoms with Crippen LogP contribution in [0.3, 0.4) is 0 Å². The molecule has 3 unspecified atom stereocenters. The maximum Gasteiger partial charge on any atom is 0.317 e. The predicted molar refractivity (Wildman–Crippen MR) is 67.2 cm³/mol. The molecule has 2 aliphatic rings. The van der Waals surface area contributed by atoms with Gasteiger partial charge in [-0.2, -0.15) is 0 Å². The molecule has 1 aliphatic heterocycles. The monoisotopic (exact) mass is 254 g/mol. The van der Waals surface area contributed by atoms with Gasteiger partial charge in [0, 0.05) is 18.6 Å². The smallest absolute Gasteiger partial charge is 0.317 e. The maximum atomic E-state index is 12.1. The third kappa shape index (κ3) is 2.94. The minimum absolute atomic E-state index is 0.112. The van der Waals surface area contributed by atoms with Gasteiger partial charge in [0.25, 0.3) is 0 Å². The lowest BCUT2D eigenvalue weighted by Crippen LogP contribution is -2.46. The summed E-state index contributed by atoms with van der Waals surface area (Å²) in [6, 6.07) is -0.142. The maximum absolute atomic E-state index is 12.1. The molecule has 0 spiro atoms. The number of nitrogens with zero attached hydrogens (tertiary/aromatic N) is 1. The Bertz CT molecular complexity index is 341. The number of nitrogens with one attached hydrogen (secondary N) is 1. The first-order valence-corrected chi connectivity index (χ1v) is 6.79. The van der Waals surface area contributed by atoms with Crippen LogP contribution in [0.4, 0.5) is 4.79 Å². The molecule has 18 heavy (non-hydrogen) atoms. The second-order valence-corrected chi connectivity index (χ2v) is 5.70. The number of carbonyl (C=O) groups excluding carboxylic acids is 1. The molecule has 2 rings (SSSR count). The molecular weight excluding hydrogens is 232 g/mol. The van der Waals surface area contributed by atoms with Crippen molar-refractivity contribution in [3.05, 3.63) is 0 Å². The molecule has 2 N–H and O–H groups in total. The van der Waals surface area contributed by atoms with Crippen molar-refractivity contribution < 1.29 is 14.7 Å². The van der Waals surface area contributed by atoms with Gasteiger partial charge >= 0.3 is 12.0 Å². The molecule has 0 radical (unpaired) electrons. The number of carboxylic acid groups (broad SMARTS) is 1. The van der Waals surface area contributed by atoms with E-state index >= 15 is 0 Å². The Morgan fingerprint density at radius 1 is 1.39 bits per heavy atom. The fraction of sp³-hybridized carbons (Fsp3) is 0.846. The van der Waals surface area contributed by atoms with Crippen molar-refractivity contribution >= 4 is 12.0 Å².